The van der Waals surface area contributed by atoms with E-state index in [1.807, 2.05) is 12.1 Å². The van der Waals surface area contributed by atoms with Crippen molar-refractivity contribution in [3.05, 3.63) is 77.4 Å². The summed E-state index contributed by atoms with van der Waals surface area (Å²) in [6, 6.07) is 21.2. The Morgan fingerprint density at radius 1 is 0.810 bits per heavy atom. The summed E-state index contributed by atoms with van der Waals surface area (Å²) < 4.78 is 6.42. The second-order valence-electron chi connectivity index (χ2n) is 5.13. The molecule has 1 aliphatic rings. The maximum absolute atomic E-state index is 5.25. The molecule has 0 aromatic heterocycles. The maximum Gasteiger partial charge on any atom is 0.118 e. The number of ether oxygens (including phenoxy) is 1. The number of hydrogen-bond donors (Lipinski definition) is 0. The Kier molecular flexibility index (Phi) is 2.86. The first-order valence-corrected chi connectivity index (χ1v) is 7.65. The Labute approximate surface area is 132 Å². The number of rotatable bonds is 2. The minimum Gasteiger partial charge on any atom is -0.497 e. The van der Waals surface area contributed by atoms with Gasteiger partial charge in [0.1, 0.15) is 5.75 Å². The molecule has 3 aromatic rings. The van der Waals surface area contributed by atoms with Crippen molar-refractivity contribution in [1.29, 1.82) is 0 Å². The van der Waals surface area contributed by atoms with E-state index in [-0.39, 0.29) is 0 Å². The van der Waals surface area contributed by atoms with Crippen LogP contribution in [0.15, 0.2) is 60.7 Å². The van der Waals surface area contributed by atoms with Gasteiger partial charge in [0.15, 0.2) is 0 Å². The lowest BCUT2D eigenvalue weighted by atomic mass is 9.98. The van der Waals surface area contributed by atoms with Crippen LogP contribution in [0.4, 0.5) is 0 Å². The monoisotopic (exact) mass is 336 g/mol. The first kappa shape index (κ1) is 12.7. The van der Waals surface area contributed by atoms with E-state index < -0.39 is 0 Å². The fraction of sp³-hybridized carbons (Fsp3) is 0.0526. The Bertz CT molecular complexity index is 870. The molecule has 0 spiro atoms. The summed E-state index contributed by atoms with van der Waals surface area (Å²) in [6.45, 7) is 0. The Morgan fingerprint density at radius 3 is 2.14 bits per heavy atom. The van der Waals surface area contributed by atoms with Crippen LogP contribution in [-0.4, -0.2) is 7.11 Å². The Hall–Kier alpha value is -2.06. The van der Waals surface area contributed by atoms with E-state index in [9.17, 15) is 0 Å². The molecule has 0 fully saturated rings. The molecule has 3 aromatic carbocycles. The SMILES string of the molecule is COc1ccc(C2=C(Br)c3cccc4cccc2c34)cc1. The fourth-order valence-electron chi connectivity index (χ4n) is 3.03. The highest BCUT2D eigenvalue weighted by atomic mass is 79.9. The minimum atomic E-state index is 0.879. The highest BCUT2D eigenvalue weighted by molar-refractivity contribution is 9.15. The Morgan fingerprint density at radius 2 is 1.48 bits per heavy atom. The van der Waals surface area contributed by atoms with Crippen LogP contribution in [0.3, 0.4) is 0 Å². The number of hydrogen-bond acceptors (Lipinski definition) is 1. The quantitative estimate of drug-likeness (QED) is 0.602. The standard InChI is InChI=1S/C19H13BrO/c1-21-14-10-8-13(9-11-14)18-15-6-2-4-12-5-3-7-16(17(12)15)19(18)20/h2-11H,1H3. The molecule has 0 atom stereocenters. The van der Waals surface area contributed by atoms with Crippen LogP contribution in [0, 0.1) is 0 Å². The maximum atomic E-state index is 5.25. The molecule has 21 heavy (non-hydrogen) atoms. The van der Waals surface area contributed by atoms with Crippen molar-refractivity contribution in [3.63, 3.8) is 0 Å². The summed E-state index contributed by atoms with van der Waals surface area (Å²) in [6.07, 6.45) is 0. The predicted octanol–water partition coefficient (Wildman–Crippen LogP) is 5.47. The van der Waals surface area contributed by atoms with E-state index >= 15 is 0 Å². The number of methoxy groups -OCH3 is 1. The van der Waals surface area contributed by atoms with E-state index in [0.717, 1.165) is 5.75 Å². The van der Waals surface area contributed by atoms with Gasteiger partial charge in [0.25, 0.3) is 0 Å². The first-order chi connectivity index (χ1) is 10.3. The smallest absolute Gasteiger partial charge is 0.118 e. The molecule has 2 heteroatoms. The van der Waals surface area contributed by atoms with Crippen molar-refractivity contribution in [2.75, 3.05) is 7.11 Å². The zero-order chi connectivity index (χ0) is 14.4. The lowest BCUT2D eigenvalue weighted by Gasteiger charge is -2.08. The van der Waals surface area contributed by atoms with Gasteiger partial charge in [0.2, 0.25) is 0 Å². The summed E-state index contributed by atoms with van der Waals surface area (Å²) in [7, 11) is 1.69. The van der Waals surface area contributed by atoms with Gasteiger partial charge in [-0.1, -0.05) is 48.5 Å². The molecule has 1 nitrogen and oxygen atoms in total. The van der Waals surface area contributed by atoms with Gasteiger partial charge in [-0.3, -0.25) is 0 Å². The molecule has 0 saturated heterocycles. The Balaban J connectivity index is 1.98. The van der Waals surface area contributed by atoms with Crippen molar-refractivity contribution in [3.8, 4) is 5.75 Å². The topological polar surface area (TPSA) is 9.23 Å². The van der Waals surface area contributed by atoms with Crippen LogP contribution >= 0.6 is 15.9 Å². The van der Waals surface area contributed by atoms with Crippen molar-refractivity contribution in [2.24, 2.45) is 0 Å². The largest absolute Gasteiger partial charge is 0.497 e. The molecule has 0 amide bonds. The van der Waals surface area contributed by atoms with E-state index in [4.69, 9.17) is 4.74 Å². The van der Waals surface area contributed by atoms with Gasteiger partial charge >= 0.3 is 0 Å². The van der Waals surface area contributed by atoms with Gasteiger partial charge in [0.05, 0.1) is 7.11 Å². The van der Waals surface area contributed by atoms with E-state index in [2.05, 4.69) is 64.5 Å². The molecule has 0 aliphatic heterocycles. The minimum absolute atomic E-state index is 0.879. The lowest BCUT2D eigenvalue weighted by molar-refractivity contribution is 0.415. The molecule has 102 valence electrons. The van der Waals surface area contributed by atoms with Crippen molar-refractivity contribution in [1.82, 2.24) is 0 Å². The molecule has 4 rings (SSSR count). The van der Waals surface area contributed by atoms with Gasteiger partial charge < -0.3 is 4.74 Å². The molecule has 1 aliphatic carbocycles. The first-order valence-electron chi connectivity index (χ1n) is 6.86. The molecule has 0 saturated carbocycles. The summed E-state index contributed by atoms with van der Waals surface area (Å²) >= 11 is 3.80. The number of halogens is 1. The van der Waals surface area contributed by atoms with Gasteiger partial charge in [-0.2, -0.15) is 0 Å². The molecule has 0 N–H and O–H groups in total. The van der Waals surface area contributed by atoms with Gasteiger partial charge in [-0.05, 0) is 55.5 Å². The summed E-state index contributed by atoms with van der Waals surface area (Å²) in [4.78, 5) is 0. The lowest BCUT2D eigenvalue weighted by Crippen LogP contribution is -1.87. The van der Waals surface area contributed by atoms with Gasteiger partial charge in [-0.25, -0.2) is 0 Å². The highest BCUT2D eigenvalue weighted by Crippen LogP contribution is 2.47. The molecule has 0 radical (unpaired) electrons. The van der Waals surface area contributed by atoms with E-state index in [1.165, 1.54) is 37.5 Å². The molecular formula is C19H13BrO. The summed E-state index contributed by atoms with van der Waals surface area (Å²) in [5.74, 6) is 0.879. The predicted molar refractivity (Wildman–Crippen MR) is 91.8 cm³/mol. The van der Waals surface area contributed by atoms with Crippen molar-refractivity contribution in [2.45, 2.75) is 0 Å². The summed E-state index contributed by atoms with van der Waals surface area (Å²) in [5.41, 5.74) is 5.02. The van der Waals surface area contributed by atoms with Gasteiger partial charge in [0, 0.05) is 10.1 Å². The zero-order valence-electron chi connectivity index (χ0n) is 11.6. The van der Waals surface area contributed by atoms with Crippen LogP contribution in [0.1, 0.15) is 16.7 Å². The molecule has 0 heterocycles. The number of benzene rings is 3. The zero-order valence-corrected chi connectivity index (χ0v) is 13.1. The third-order valence-corrected chi connectivity index (χ3v) is 4.83. The third kappa shape index (κ3) is 1.83. The third-order valence-electron chi connectivity index (χ3n) is 4.01. The van der Waals surface area contributed by atoms with Crippen LogP contribution in [-0.2, 0) is 0 Å². The highest BCUT2D eigenvalue weighted by Gasteiger charge is 2.23. The van der Waals surface area contributed by atoms with E-state index in [0.29, 0.717) is 0 Å². The average Bonchev–Trinajstić information content (AvgIpc) is 2.83. The molecular weight excluding hydrogens is 324 g/mol. The average molecular weight is 337 g/mol. The normalized spacial score (nSPS) is 13.0. The molecule has 0 bridgehead atoms. The second kappa shape index (κ2) is 4.74. The summed E-state index contributed by atoms with van der Waals surface area (Å²) in [5, 5.41) is 2.61. The fourth-order valence-corrected chi connectivity index (χ4v) is 3.80. The molecule has 0 unspecified atom stereocenters. The second-order valence-corrected chi connectivity index (χ2v) is 5.92. The van der Waals surface area contributed by atoms with Crippen LogP contribution in [0.2, 0.25) is 0 Å². The van der Waals surface area contributed by atoms with Crippen LogP contribution in [0.25, 0.3) is 20.8 Å². The van der Waals surface area contributed by atoms with Gasteiger partial charge in [-0.15, -0.1) is 0 Å². The van der Waals surface area contributed by atoms with Crippen molar-refractivity contribution < 1.29 is 4.74 Å². The van der Waals surface area contributed by atoms with Crippen LogP contribution in [0.5, 0.6) is 5.75 Å². The van der Waals surface area contributed by atoms with Crippen LogP contribution < -0.4 is 4.74 Å². The van der Waals surface area contributed by atoms with Crippen molar-refractivity contribution >= 4 is 36.8 Å². The van der Waals surface area contributed by atoms with E-state index in [1.54, 1.807) is 7.11 Å².